The number of aliphatic hydroxyl groups is 1. The summed E-state index contributed by atoms with van der Waals surface area (Å²) >= 11 is 0. The van der Waals surface area contributed by atoms with E-state index >= 15 is 0 Å². The summed E-state index contributed by atoms with van der Waals surface area (Å²) in [6, 6.07) is 0. The predicted molar refractivity (Wildman–Crippen MR) is 63.2 cm³/mol. The van der Waals surface area contributed by atoms with Gasteiger partial charge in [-0.25, -0.2) is 0 Å². The molecule has 0 aromatic rings. The van der Waals surface area contributed by atoms with E-state index in [1.54, 1.807) is 6.92 Å². The summed E-state index contributed by atoms with van der Waals surface area (Å²) < 4.78 is 0. The number of carboxylic acid groups (broad SMARTS) is 1. The van der Waals surface area contributed by atoms with Gasteiger partial charge in [-0.2, -0.15) is 0 Å². The number of hydrogen-bond donors (Lipinski definition) is 2. The normalized spacial score (nSPS) is 22.9. The maximum atomic E-state index is 11.1. The molecule has 0 bridgehead atoms. The van der Waals surface area contributed by atoms with Crippen LogP contribution >= 0.6 is 0 Å². The second kappa shape index (κ2) is 5.67. The minimum atomic E-state index is -0.791. The van der Waals surface area contributed by atoms with Gasteiger partial charge in [0.15, 0.2) is 0 Å². The van der Waals surface area contributed by atoms with Crippen molar-refractivity contribution in [2.24, 2.45) is 11.3 Å². The summed E-state index contributed by atoms with van der Waals surface area (Å²) in [6.45, 7) is 3.60. The highest BCUT2D eigenvalue weighted by molar-refractivity contribution is 5.74. The molecule has 3 heteroatoms. The first kappa shape index (κ1) is 13.5. The second-order valence-corrected chi connectivity index (χ2v) is 5.46. The van der Waals surface area contributed by atoms with Crippen molar-refractivity contribution in [1.82, 2.24) is 0 Å². The number of rotatable bonds is 6. The molecule has 3 nitrogen and oxygen atoms in total. The molecule has 2 atom stereocenters. The molecule has 0 radical (unpaired) electrons. The zero-order valence-electron chi connectivity index (χ0n) is 10.4. The Hall–Kier alpha value is -0.570. The molecular weight excluding hydrogens is 204 g/mol. The third-order valence-corrected chi connectivity index (χ3v) is 4.06. The minimum Gasteiger partial charge on any atom is -0.481 e. The Balaban J connectivity index is 2.42. The number of carboxylic acids is 1. The van der Waals surface area contributed by atoms with Gasteiger partial charge in [0.2, 0.25) is 0 Å². The second-order valence-electron chi connectivity index (χ2n) is 5.46. The van der Waals surface area contributed by atoms with Crippen molar-refractivity contribution < 1.29 is 15.0 Å². The largest absolute Gasteiger partial charge is 0.481 e. The SMILES string of the molecule is CCC(C)(CC(O)CC1CCCC1)C(=O)O. The van der Waals surface area contributed by atoms with Crippen LogP contribution in [0.1, 0.15) is 58.8 Å². The van der Waals surface area contributed by atoms with Crippen LogP contribution in [0.25, 0.3) is 0 Å². The summed E-state index contributed by atoms with van der Waals surface area (Å²) in [7, 11) is 0. The Morgan fingerprint density at radius 1 is 1.44 bits per heavy atom. The van der Waals surface area contributed by atoms with E-state index in [1.165, 1.54) is 25.7 Å². The van der Waals surface area contributed by atoms with E-state index in [1.807, 2.05) is 6.92 Å². The molecule has 94 valence electrons. The van der Waals surface area contributed by atoms with Crippen LogP contribution < -0.4 is 0 Å². The molecular formula is C13H24O3. The minimum absolute atomic E-state index is 0.384. The fraction of sp³-hybridized carbons (Fsp3) is 0.923. The third kappa shape index (κ3) is 3.48. The Morgan fingerprint density at radius 2 is 2.00 bits per heavy atom. The number of aliphatic hydroxyl groups excluding tert-OH is 1. The van der Waals surface area contributed by atoms with Crippen LogP contribution in [0.3, 0.4) is 0 Å². The van der Waals surface area contributed by atoms with Gasteiger partial charge in [0.05, 0.1) is 11.5 Å². The molecule has 1 aliphatic carbocycles. The van der Waals surface area contributed by atoms with E-state index in [0.29, 0.717) is 18.8 Å². The molecule has 0 amide bonds. The van der Waals surface area contributed by atoms with E-state index in [9.17, 15) is 9.90 Å². The van der Waals surface area contributed by atoms with Crippen molar-refractivity contribution in [2.75, 3.05) is 0 Å². The van der Waals surface area contributed by atoms with E-state index in [-0.39, 0.29) is 0 Å². The van der Waals surface area contributed by atoms with Gasteiger partial charge in [0.1, 0.15) is 0 Å². The van der Waals surface area contributed by atoms with Crippen molar-refractivity contribution in [2.45, 2.75) is 64.9 Å². The summed E-state index contributed by atoms with van der Waals surface area (Å²) in [5.41, 5.74) is -0.766. The van der Waals surface area contributed by atoms with Crippen LogP contribution in [0.2, 0.25) is 0 Å². The highest BCUT2D eigenvalue weighted by atomic mass is 16.4. The molecule has 1 fully saturated rings. The summed E-state index contributed by atoms with van der Waals surface area (Å²) in [4.78, 5) is 11.1. The van der Waals surface area contributed by atoms with E-state index in [0.717, 1.165) is 6.42 Å². The van der Waals surface area contributed by atoms with Gasteiger partial charge >= 0.3 is 5.97 Å². The van der Waals surface area contributed by atoms with E-state index in [2.05, 4.69) is 0 Å². The molecule has 1 saturated carbocycles. The van der Waals surface area contributed by atoms with Gasteiger partial charge in [0, 0.05) is 0 Å². The molecule has 2 N–H and O–H groups in total. The van der Waals surface area contributed by atoms with Crippen LogP contribution in [0.15, 0.2) is 0 Å². The molecule has 1 aliphatic rings. The summed E-state index contributed by atoms with van der Waals surface area (Å²) in [5.74, 6) is -0.176. The molecule has 1 rings (SSSR count). The Labute approximate surface area is 97.9 Å². The highest BCUT2D eigenvalue weighted by Gasteiger charge is 2.34. The average Bonchev–Trinajstić information content (AvgIpc) is 2.69. The quantitative estimate of drug-likeness (QED) is 0.735. The fourth-order valence-corrected chi connectivity index (χ4v) is 2.62. The van der Waals surface area contributed by atoms with Gasteiger partial charge in [-0.15, -0.1) is 0 Å². The van der Waals surface area contributed by atoms with Crippen molar-refractivity contribution in [3.8, 4) is 0 Å². The van der Waals surface area contributed by atoms with Crippen LogP contribution in [0, 0.1) is 11.3 Å². The average molecular weight is 228 g/mol. The lowest BCUT2D eigenvalue weighted by atomic mass is 9.80. The molecule has 0 saturated heterocycles. The lowest BCUT2D eigenvalue weighted by Crippen LogP contribution is -2.32. The van der Waals surface area contributed by atoms with Crippen LogP contribution in [0.4, 0.5) is 0 Å². The van der Waals surface area contributed by atoms with Gasteiger partial charge in [-0.1, -0.05) is 32.6 Å². The Bertz CT molecular complexity index is 233. The Morgan fingerprint density at radius 3 is 2.44 bits per heavy atom. The predicted octanol–water partition coefficient (Wildman–Crippen LogP) is 2.82. The molecule has 0 aromatic carbocycles. The zero-order chi connectivity index (χ0) is 12.2. The van der Waals surface area contributed by atoms with Crippen LogP contribution in [-0.4, -0.2) is 22.3 Å². The smallest absolute Gasteiger partial charge is 0.309 e. The molecule has 0 aromatic heterocycles. The third-order valence-electron chi connectivity index (χ3n) is 4.06. The number of aliphatic carboxylic acids is 1. The topological polar surface area (TPSA) is 57.5 Å². The van der Waals surface area contributed by atoms with Gasteiger partial charge < -0.3 is 10.2 Å². The van der Waals surface area contributed by atoms with Crippen molar-refractivity contribution in [3.63, 3.8) is 0 Å². The number of hydrogen-bond acceptors (Lipinski definition) is 2. The number of carbonyl (C=O) groups is 1. The van der Waals surface area contributed by atoms with Gasteiger partial charge in [0.25, 0.3) is 0 Å². The van der Waals surface area contributed by atoms with Crippen molar-refractivity contribution in [1.29, 1.82) is 0 Å². The first-order chi connectivity index (χ1) is 7.48. The maximum Gasteiger partial charge on any atom is 0.309 e. The molecule has 16 heavy (non-hydrogen) atoms. The first-order valence-electron chi connectivity index (χ1n) is 6.39. The maximum absolute atomic E-state index is 11.1. The standard InChI is InChI=1S/C13H24O3/c1-3-13(2,12(15)16)9-11(14)8-10-6-4-5-7-10/h10-11,14H,3-9H2,1-2H3,(H,15,16). The monoisotopic (exact) mass is 228 g/mol. The lowest BCUT2D eigenvalue weighted by Gasteiger charge is -2.27. The molecule has 0 heterocycles. The van der Waals surface area contributed by atoms with Crippen LogP contribution in [-0.2, 0) is 4.79 Å². The van der Waals surface area contributed by atoms with E-state index in [4.69, 9.17) is 5.11 Å². The molecule has 2 unspecified atom stereocenters. The summed E-state index contributed by atoms with van der Waals surface area (Å²) in [6.07, 6.45) is 6.22. The van der Waals surface area contributed by atoms with Crippen molar-refractivity contribution >= 4 is 5.97 Å². The molecule has 0 spiro atoms. The molecule has 0 aliphatic heterocycles. The lowest BCUT2D eigenvalue weighted by molar-refractivity contribution is -0.150. The van der Waals surface area contributed by atoms with Crippen LogP contribution in [0.5, 0.6) is 0 Å². The Kier molecular flexibility index (Phi) is 4.78. The van der Waals surface area contributed by atoms with Crippen molar-refractivity contribution in [3.05, 3.63) is 0 Å². The first-order valence-corrected chi connectivity index (χ1v) is 6.39. The summed E-state index contributed by atoms with van der Waals surface area (Å²) in [5, 5.41) is 19.1. The zero-order valence-corrected chi connectivity index (χ0v) is 10.4. The van der Waals surface area contributed by atoms with E-state index < -0.39 is 17.5 Å². The fourth-order valence-electron chi connectivity index (χ4n) is 2.62. The van der Waals surface area contributed by atoms with Gasteiger partial charge in [-0.05, 0) is 32.1 Å². The highest BCUT2D eigenvalue weighted by Crippen LogP contribution is 2.33. The van der Waals surface area contributed by atoms with Gasteiger partial charge in [-0.3, -0.25) is 4.79 Å².